The lowest BCUT2D eigenvalue weighted by molar-refractivity contribution is 0.641. The molecule has 0 spiro atoms. The number of aliphatic imine (C=N–C) groups is 1. The molecule has 0 bridgehead atoms. The van der Waals surface area contributed by atoms with Crippen molar-refractivity contribution < 1.29 is 0 Å². The minimum atomic E-state index is 0.139. The predicted octanol–water partition coefficient (Wildman–Crippen LogP) is 2.12. The second kappa shape index (κ2) is 3.37. The van der Waals surface area contributed by atoms with E-state index in [4.69, 9.17) is 0 Å². The molecule has 1 aromatic rings. The molecular formula is C9H9BrN2. The molecular weight excluding hydrogens is 216 g/mol. The van der Waals surface area contributed by atoms with Gasteiger partial charge in [-0.15, -0.1) is 0 Å². The van der Waals surface area contributed by atoms with Gasteiger partial charge in [-0.1, -0.05) is 34.1 Å². The molecule has 1 N–H and O–H groups in total. The zero-order valence-corrected chi connectivity index (χ0v) is 8.08. The minimum absolute atomic E-state index is 0.139. The van der Waals surface area contributed by atoms with Gasteiger partial charge in [0.25, 0.3) is 0 Å². The lowest BCUT2D eigenvalue weighted by Crippen LogP contribution is -2.14. The molecule has 1 aliphatic rings. The van der Waals surface area contributed by atoms with Crippen LogP contribution in [0.25, 0.3) is 0 Å². The van der Waals surface area contributed by atoms with Gasteiger partial charge >= 0.3 is 0 Å². The van der Waals surface area contributed by atoms with Crippen LogP contribution in [0.2, 0.25) is 0 Å². The van der Waals surface area contributed by atoms with Crippen LogP contribution in [0.1, 0.15) is 11.7 Å². The highest BCUT2D eigenvalue weighted by molar-refractivity contribution is 9.10. The molecule has 1 heterocycles. The van der Waals surface area contributed by atoms with E-state index in [1.807, 2.05) is 24.4 Å². The van der Waals surface area contributed by atoms with Gasteiger partial charge in [0, 0.05) is 22.8 Å². The largest absolute Gasteiger partial charge is 0.287 e. The monoisotopic (exact) mass is 224 g/mol. The van der Waals surface area contributed by atoms with E-state index in [-0.39, 0.29) is 6.17 Å². The van der Waals surface area contributed by atoms with Crippen molar-refractivity contribution in [1.82, 2.24) is 5.32 Å². The quantitative estimate of drug-likeness (QED) is 0.777. The van der Waals surface area contributed by atoms with Gasteiger partial charge in [-0.25, -0.2) is 0 Å². The smallest absolute Gasteiger partial charge is 0.126 e. The fourth-order valence-corrected chi connectivity index (χ4v) is 1.76. The molecule has 0 aromatic heterocycles. The van der Waals surface area contributed by atoms with Crippen LogP contribution in [0.15, 0.2) is 33.7 Å². The van der Waals surface area contributed by atoms with Gasteiger partial charge in [0.2, 0.25) is 0 Å². The third-order valence-electron chi connectivity index (χ3n) is 1.86. The number of rotatable bonds is 1. The zero-order chi connectivity index (χ0) is 8.39. The molecule has 1 atom stereocenters. The number of halogens is 1. The lowest BCUT2D eigenvalue weighted by Gasteiger charge is -2.09. The number of benzene rings is 1. The van der Waals surface area contributed by atoms with Crippen molar-refractivity contribution in [3.8, 4) is 0 Å². The van der Waals surface area contributed by atoms with Gasteiger partial charge in [0.15, 0.2) is 0 Å². The van der Waals surface area contributed by atoms with Crippen LogP contribution in [-0.4, -0.2) is 12.8 Å². The van der Waals surface area contributed by atoms with Crippen molar-refractivity contribution in [1.29, 1.82) is 0 Å². The summed E-state index contributed by atoms with van der Waals surface area (Å²) in [5.41, 5.74) is 1.20. The molecule has 62 valence electrons. The summed E-state index contributed by atoms with van der Waals surface area (Å²) in [6.07, 6.45) is 2.05. The summed E-state index contributed by atoms with van der Waals surface area (Å²) in [7, 11) is 0. The highest BCUT2D eigenvalue weighted by Gasteiger charge is 2.13. The van der Waals surface area contributed by atoms with Crippen LogP contribution < -0.4 is 5.32 Å². The van der Waals surface area contributed by atoms with Gasteiger partial charge in [0.05, 0.1) is 0 Å². The Morgan fingerprint density at radius 3 is 2.92 bits per heavy atom. The predicted molar refractivity (Wildman–Crippen MR) is 53.4 cm³/mol. The van der Waals surface area contributed by atoms with Crippen molar-refractivity contribution in [3.63, 3.8) is 0 Å². The Kier molecular flexibility index (Phi) is 2.23. The van der Waals surface area contributed by atoms with E-state index in [9.17, 15) is 0 Å². The molecule has 1 aliphatic heterocycles. The van der Waals surface area contributed by atoms with Crippen LogP contribution in [0.3, 0.4) is 0 Å². The lowest BCUT2D eigenvalue weighted by atomic mass is 10.2. The van der Waals surface area contributed by atoms with Crippen LogP contribution in [-0.2, 0) is 0 Å². The highest BCUT2D eigenvalue weighted by atomic mass is 79.9. The van der Waals surface area contributed by atoms with E-state index in [0.717, 1.165) is 11.0 Å². The normalized spacial score (nSPS) is 21.6. The first-order valence-electron chi connectivity index (χ1n) is 3.87. The first kappa shape index (κ1) is 7.95. The fourth-order valence-electron chi connectivity index (χ4n) is 1.26. The molecule has 0 amide bonds. The summed E-state index contributed by atoms with van der Waals surface area (Å²) in [5.74, 6) is 0. The maximum absolute atomic E-state index is 4.30. The van der Waals surface area contributed by atoms with Crippen molar-refractivity contribution in [3.05, 3.63) is 34.3 Å². The van der Waals surface area contributed by atoms with Gasteiger partial charge in [-0.3, -0.25) is 10.3 Å². The van der Waals surface area contributed by atoms with Crippen molar-refractivity contribution in [2.45, 2.75) is 6.17 Å². The van der Waals surface area contributed by atoms with Crippen LogP contribution in [0.4, 0.5) is 0 Å². The van der Waals surface area contributed by atoms with Gasteiger partial charge in [-0.2, -0.15) is 0 Å². The molecule has 1 aromatic carbocycles. The Hall–Kier alpha value is -0.670. The van der Waals surface area contributed by atoms with E-state index in [0.29, 0.717) is 0 Å². The first-order chi connectivity index (χ1) is 5.88. The highest BCUT2D eigenvalue weighted by Crippen LogP contribution is 2.24. The van der Waals surface area contributed by atoms with Crippen LogP contribution >= 0.6 is 15.9 Å². The molecule has 2 nitrogen and oxygen atoms in total. The van der Waals surface area contributed by atoms with Crippen LogP contribution in [0.5, 0.6) is 0 Å². The van der Waals surface area contributed by atoms with Crippen LogP contribution in [0, 0.1) is 0 Å². The molecule has 1 unspecified atom stereocenters. The standard InChI is InChI=1S/C9H9BrN2/c10-8-4-2-1-3-7(8)9-11-5-6-12-9/h1-5,9,12H,6H2. The summed E-state index contributed by atoms with van der Waals surface area (Å²) in [6, 6.07) is 8.14. The van der Waals surface area contributed by atoms with Gasteiger partial charge in [-0.05, 0) is 6.07 Å². The molecule has 3 heteroatoms. The molecule has 0 aliphatic carbocycles. The van der Waals surface area contributed by atoms with Gasteiger partial charge in [0.1, 0.15) is 6.17 Å². The molecule has 0 saturated heterocycles. The van der Waals surface area contributed by atoms with E-state index in [1.54, 1.807) is 0 Å². The Bertz CT molecular complexity index is 309. The second-order valence-electron chi connectivity index (χ2n) is 2.66. The maximum atomic E-state index is 4.30. The Morgan fingerprint density at radius 2 is 2.25 bits per heavy atom. The molecule has 0 saturated carbocycles. The average molecular weight is 225 g/mol. The number of hydrogen-bond acceptors (Lipinski definition) is 2. The van der Waals surface area contributed by atoms with E-state index < -0.39 is 0 Å². The summed E-state index contributed by atoms with van der Waals surface area (Å²) >= 11 is 3.49. The maximum Gasteiger partial charge on any atom is 0.126 e. The average Bonchev–Trinajstić information content (AvgIpc) is 2.57. The van der Waals surface area contributed by atoms with Crippen molar-refractivity contribution >= 4 is 22.1 Å². The first-order valence-corrected chi connectivity index (χ1v) is 4.66. The summed E-state index contributed by atoms with van der Waals surface area (Å²) in [4.78, 5) is 4.30. The Balaban J connectivity index is 2.33. The van der Waals surface area contributed by atoms with Gasteiger partial charge < -0.3 is 0 Å². The number of hydrogen-bond donors (Lipinski definition) is 1. The van der Waals surface area contributed by atoms with Crippen molar-refractivity contribution in [2.75, 3.05) is 6.54 Å². The molecule has 0 fully saturated rings. The molecule has 12 heavy (non-hydrogen) atoms. The number of nitrogens with zero attached hydrogens (tertiary/aromatic N) is 1. The number of nitrogens with one attached hydrogen (secondary N) is 1. The minimum Gasteiger partial charge on any atom is -0.287 e. The third kappa shape index (κ3) is 1.42. The topological polar surface area (TPSA) is 24.4 Å². The summed E-state index contributed by atoms with van der Waals surface area (Å²) < 4.78 is 1.11. The molecule has 2 rings (SSSR count). The Labute approximate surface area is 79.8 Å². The van der Waals surface area contributed by atoms with E-state index in [2.05, 4.69) is 32.3 Å². The second-order valence-corrected chi connectivity index (χ2v) is 3.52. The fraction of sp³-hybridized carbons (Fsp3) is 0.222. The van der Waals surface area contributed by atoms with E-state index >= 15 is 0 Å². The van der Waals surface area contributed by atoms with Crippen molar-refractivity contribution in [2.24, 2.45) is 4.99 Å². The Morgan fingerprint density at radius 1 is 1.42 bits per heavy atom. The SMILES string of the molecule is Brc1ccccc1C1N=CCN1. The molecule has 0 radical (unpaired) electrons. The summed E-state index contributed by atoms with van der Waals surface area (Å²) in [6.45, 7) is 0.867. The summed E-state index contributed by atoms with van der Waals surface area (Å²) in [5, 5.41) is 3.26. The zero-order valence-electron chi connectivity index (χ0n) is 6.50. The van der Waals surface area contributed by atoms with E-state index in [1.165, 1.54) is 5.56 Å². The third-order valence-corrected chi connectivity index (χ3v) is 2.58.